The predicted molar refractivity (Wildman–Crippen MR) is 124 cm³/mol. The van der Waals surface area contributed by atoms with Crippen LogP contribution in [0.25, 0.3) is 0 Å². The van der Waals surface area contributed by atoms with Crippen LogP contribution < -0.4 is 11.4 Å². The van der Waals surface area contributed by atoms with Gasteiger partial charge in [-0.3, -0.25) is 9.59 Å². The van der Waals surface area contributed by atoms with Crippen LogP contribution in [0.2, 0.25) is 0 Å². The van der Waals surface area contributed by atoms with Crippen molar-refractivity contribution in [2.45, 2.75) is 45.7 Å². The van der Waals surface area contributed by atoms with E-state index >= 15 is 0 Å². The standard InChI is InChI=1S/C24H24BrN3O5/c1-11-12(2)21(31)24(3)16(20(11)30)10-17-14(19(24)15-9-13(25)5-6-18(15)29)7-8-27-22(32)26(4)23(33)28(17)27/h5-7,9,16-17,19,29H,8,10H2,1-4H3/t16-,17+,19+,24+/m0/s1. The maximum Gasteiger partial charge on any atom is 0.347 e. The second kappa shape index (κ2) is 7.03. The van der Waals surface area contributed by atoms with Crippen molar-refractivity contribution < 1.29 is 14.7 Å². The van der Waals surface area contributed by atoms with Gasteiger partial charge in [0.15, 0.2) is 11.6 Å². The third-order valence-electron chi connectivity index (χ3n) is 7.93. The average Bonchev–Trinajstić information content (AvgIpc) is 3.01. The summed E-state index contributed by atoms with van der Waals surface area (Å²) in [5.41, 5.74) is 0.118. The quantitative estimate of drug-likeness (QED) is 0.590. The number of carbonyl (C=O) groups excluding carboxylic acids is 2. The Morgan fingerprint density at radius 2 is 1.79 bits per heavy atom. The molecule has 1 N–H and O–H groups in total. The van der Waals surface area contributed by atoms with E-state index in [0.717, 1.165) is 14.6 Å². The first-order valence-corrected chi connectivity index (χ1v) is 11.6. The number of fused-ring (bicyclic) bond motifs is 4. The molecule has 4 atom stereocenters. The van der Waals surface area contributed by atoms with Crippen LogP contribution in [-0.4, -0.2) is 30.6 Å². The summed E-state index contributed by atoms with van der Waals surface area (Å²) < 4.78 is 4.57. The van der Waals surface area contributed by atoms with Crippen molar-refractivity contribution in [3.63, 3.8) is 0 Å². The van der Waals surface area contributed by atoms with Crippen LogP contribution in [0.15, 0.2) is 55.1 Å². The molecule has 0 unspecified atom stereocenters. The highest BCUT2D eigenvalue weighted by Gasteiger charge is 2.60. The molecule has 5 rings (SSSR count). The van der Waals surface area contributed by atoms with Crippen molar-refractivity contribution in [3.05, 3.63) is 72.0 Å². The predicted octanol–water partition coefficient (Wildman–Crippen LogP) is 2.60. The lowest BCUT2D eigenvalue weighted by atomic mass is 9.50. The number of allylic oxidation sites excluding steroid dienone is 4. The van der Waals surface area contributed by atoms with Crippen LogP contribution in [0.3, 0.4) is 0 Å². The van der Waals surface area contributed by atoms with Gasteiger partial charge in [-0.15, -0.1) is 0 Å². The monoisotopic (exact) mass is 513 g/mol. The van der Waals surface area contributed by atoms with Gasteiger partial charge in [-0.05, 0) is 55.2 Å². The molecule has 0 bridgehead atoms. The van der Waals surface area contributed by atoms with Gasteiger partial charge in [-0.25, -0.2) is 23.5 Å². The van der Waals surface area contributed by atoms with E-state index in [1.165, 1.54) is 16.4 Å². The minimum Gasteiger partial charge on any atom is -0.508 e. The zero-order chi connectivity index (χ0) is 24.0. The largest absolute Gasteiger partial charge is 0.508 e. The number of aromatic hydroxyl groups is 1. The van der Waals surface area contributed by atoms with Gasteiger partial charge in [0, 0.05) is 28.9 Å². The number of benzene rings is 1. The Bertz CT molecular complexity index is 1440. The van der Waals surface area contributed by atoms with E-state index in [-0.39, 0.29) is 30.3 Å². The summed E-state index contributed by atoms with van der Waals surface area (Å²) >= 11 is 3.46. The van der Waals surface area contributed by atoms with E-state index in [1.807, 2.05) is 6.08 Å². The molecule has 1 aromatic heterocycles. The van der Waals surface area contributed by atoms with Gasteiger partial charge in [0.2, 0.25) is 0 Å². The topological polar surface area (TPSA) is 103 Å². The number of phenolic OH excluding ortho intramolecular Hbond substituents is 1. The lowest BCUT2D eigenvalue weighted by Gasteiger charge is -2.53. The van der Waals surface area contributed by atoms with Gasteiger partial charge in [-0.1, -0.05) is 28.9 Å². The van der Waals surface area contributed by atoms with Crippen molar-refractivity contribution in [1.29, 1.82) is 0 Å². The highest BCUT2D eigenvalue weighted by Crippen LogP contribution is 2.61. The van der Waals surface area contributed by atoms with Gasteiger partial charge in [-0.2, -0.15) is 0 Å². The number of Topliss-reactive ketones (excluding diaryl/α,β-unsaturated/α-hetero) is 2. The van der Waals surface area contributed by atoms with Crippen molar-refractivity contribution in [1.82, 2.24) is 13.9 Å². The summed E-state index contributed by atoms with van der Waals surface area (Å²) in [5, 5.41) is 10.9. The van der Waals surface area contributed by atoms with Crippen LogP contribution in [0, 0.1) is 11.3 Å². The van der Waals surface area contributed by atoms with E-state index in [1.54, 1.807) is 39.0 Å². The van der Waals surface area contributed by atoms with Crippen LogP contribution in [-0.2, 0) is 23.2 Å². The fourth-order valence-electron chi connectivity index (χ4n) is 6.05. The van der Waals surface area contributed by atoms with Crippen molar-refractivity contribution in [3.8, 4) is 5.75 Å². The Labute approximate surface area is 197 Å². The minimum atomic E-state index is -1.14. The van der Waals surface area contributed by atoms with Gasteiger partial charge in [0.05, 0.1) is 18.0 Å². The van der Waals surface area contributed by atoms with Crippen LogP contribution in [0.4, 0.5) is 0 Å². The molecule has 0 radical (unpaired) electrons. The number of ketones is 2. The van der Waals surface area contributed by atoms with Crippen LogP contribution in [0.1, 0.15) is 44.7 Å². The lowest BCUT2D eigenvalue weighted by Crippen LogP contribution is -2.55. The normalized spacial score (nSPS) is 28.9. The van der Waals surface area contributed by atoms with E-state index in [9.17, 15) is 24.3 Å². The van der Waals surface area contributed by atoms with E-state index in [2.05, 4.69) is 15.9 Å². The highest BCUT2D eigenvalue weighted by atomic mass is 79.9. The Morgan fingerprint density at radius 3 is 2.48 bits per heavy atom. The molecule has 33 heavy (non-hydrogen) atoms. The van der Waals surface area contributed by atoms with Crippen LogP contribution in [0.5, 0.6) is 5.75 Å². The van der Waals surface area contributed by atoms with E-state index in [0.29, 0.717) is 16.7 Å². The van der Waals surface area contributed by atoms with Crippen LogP contribution >= 0.6 is 15.9 Å². The molecule has 2 aromatic rings. The van der Waals surface area contributed by atoms with Gasteiger partial charge in [0.1, 0.15) is 5.75 Å². The third-order valence-corrected chi connectivity index (χ3v) is 8.42. The number of halogens is 1. The Kier molecular flexibility index (Phi) is 4.66. The number of phenols is 1. The average molecular weight is 514 g/mol. The maximum absolute atomic E-state index is 13.8. The number of hydrogen-bond donors (Lipinski definition) is 1. The summed E-state index contributed by atoms with van der Waals surface area (Å²) in [7, 11) is 1.43. The smallest absolute Gasteiger partial charge is 0.347 e. The minimum absolute atomic E-state index is 0.0114. The Balaban J connectivity index is 1.84. The second-order valence-electron chi connectivity index (χ2n) is 9.42. The van der Waals surface area contributed by atoms with Gasteiger partial charge >= 0.3 is 11.4 Å². The Hall–Kier alpha value is -2.94. The zero-order valence-corrected chi connectivity index (χ0v) is 20.3. The fourth-order valence-corrected chi connectivity index (χ4v) is 6.43. The third kappa shape index (κ3) is 2.68. The van der Waals surface area contributed by atoms with Crippen molar-refractivity contribution in [2.24, 2.45) is 18.4 Å². The molecule has 0 saturated heterocycles. The fraction of sp³-hybridized carbons (Fsp3) is 0.417. The first kappa shape index (κ1) is 21.9. The van der Waals surface area contributed by atoms with E-state index < -0.39 is 34.7 Å². The molecule has 2 heterocycles. The van der Waals surface area contributed by atoms with E-state index in [4.69, 9.17) is 0 Å². The summed E-state index contributed by atoms with van der Waals surface area (Å²) in [4.78, 5) is 53.0. The molecule has 8 nitrogen and oxygen atoms in total. The number of aromatic nitrogens is 3. The lowest BCUT2D eigenvalue weighted by molar-refractivity contribution is -0.140. The molecule has 2 aliphatic carbocycles. The maximum atomic E-state index is 13.8. The number of nitrogens with zero attached hydrogens (tertiary/aromatic N) is 3. The summed E-state index contributed by atoms with van der Waals surface area (Å²) in [6.07, 6.45) is 2.10. The Morgan fingerprint density at radius 1 is 1.09 bits per heavy atom. The molecule has 1 aromatic carbocycles. The van der Waals surface area contributed by atoms with Crippen molar-refractivity contribution in [2.75, 3.05) is 0 Å². The molecular formula is C24H24BrN3O5. The molecule has 172 valence electrons. The molecular weight excluding hydrogens is 490 g/mol. The summed E-state index contributed by atoms with van der Waals surface area (Å²) in [6.45, 7) is 5.31. The SMILES string of the molecule is CC1=C(C)C(=O)[C@@]2(C)[C@@H](c3cc(Br)ccc3O)C3=CCn4c(=O)n(C)c(=O)n4[C@@H]3C[C@H]2C1=O. The molecule has 1 aliphatic heterocycles. The molecule has 1 saturated carbocycles. The number of rotatable bonds is 1. The molecule has 0 amide bonds. The first-order chi connectivity index (χ1) is 15.5. The zero-order valence-electron chi connectivity index (χ0n) is 18.8. The first-order valence-electron chi connectivity index (χ1n) is 10.8. The number of carbonyl (C=O) groups is 2. The highest BCUT2D eigenvalue weighted by molar-refractivity contribution is 9.10. The molecule has 0 spiro atoms. The van der Waals surface area contributed by atoms with Crippen molar-refractivity contribution >= 4 is 27.5 Å². The summed E-state index contributed by atoms with van der Waals surface area (Å²) in [6, 6.07) is 4.44. The molecule has 3 aliphatic rings. The second-order valence-corrected chi connectivity index (χ2v) is 10.3. The molecule has 9 heteroatoms. The van der Waals surface area contributed by atoms with Gasteiger partial charge in [0.25, 0.3) is 0 Å². The van der Waals surface area contributed by atoms with Gasteiger partial charge < -0.3 is 5.11 Å². The number of hydrogen-bond acceptors (Lipinski definition) is 5. The molecule has 1 fully saturated rings. The summed E-state index contributed by atoms with van der Waals surface area (Å²) in [5.74, 6) is -1.59.